The maximum atomic E-state index is 3.46. The number of nitrogens with one attached hydrogen (secondary N) is 1. The molecule has 1 N–H and O–H groups in total. The zero-order valence-electron chi connectivity index (χ0n) is 12.2. The minimum absolute atomic E-state index is 0.477. The Balaban J connectivity index is 1.98. The quantitative estimate of drug-likeness (QED) is 0.830. The summed E-state index contributed by atoms with van der Waals surface area (Å²) < 4.78 is 0. The lowest BCUT2D eigenvalue weighted by molar-refractivity contribution is 0.302. The van der Waals surface area contributed by atoms with E-state index in [1.165, 1.54) is 42.5 Å². The molecule has 2 rings (SSSR count). The fourth-order valence-corrected chi connectivity index (χ4v) is 2.72. The van der Waals surface area contributed by atoms with Gasteiger partial charge < -0.3 is 10.2 Å². The van der Waals surface area contributed by atoms with Gasteiger partial charge in [0.15, 0.2) is 0 Å². The Labute approximate surface area is 111 Å². The molecule has 2 nitrogen and oxygen atoms in total. The van der Waals surface area contributed by atoms with E-state index in [2.05, 4.69) is 56.4 Å². The van der Waals surface area contributed by atoms with Crippen LogP contribution < -0.4 is 5.32 Å². The second-order valence-corrected chi connectivity index (χ2v) is 5.76. The van der Waals surface area contributed by atoms with Gasteiger partial charge in [0, 0.05) is 12.1 Å². The lowest BCUT2D eigenvalue weighted by Crippen LogP contribution is -2.27. The van der Waals surface area contributed by atoms with Gasteiger partial charge in [0.25, 0.3) is 0 Å². The SMILES string of the molecule is CNC(CCN(C)C1CC1)c1cc(C)cc(C)c1. The van der Waals surface area contributed by atoms with Crippen LogP contribution in [0.3, 0.4) is 0 Å². The van der Waals surface area contributed by atoms with Gasteiger partial charge in [0.1, 0.15) is 0 Å². The molecule has 1 unspecified atom stereocenters. The first-order valence-corrected chi connectivity index (χ1v) is 7.06. The van der Waals surface area contributed by atoms with Crippen LogP contribution in [-0.4, -0.2) is 31.6 Å². The van der Waals surface area contributed by atoms with E-state index < -0.39 is 0 Å². The molecule has 18 heavy (non-hydrogen) atoms. The van der Waals surface area contributed by atoms with Crippen molar-refractivity contribution in [3.63, 3.8) is 0 Å². The van der Waals surface area contributed by atoms with Crippen molar-refractivity contribution >= 4 is 0 Å². The molecule has 0 saturated heterocycles. The van der Waals surface area contributed by atoms with Crippen molar-refractivity contribution in [2.75, 3.05) is 20.6 Å². The summed E-state index contributed by atoms with van der Waals surface area (Å²) in [5.74, 6) is 0. The summed E-state index contributed by atoms with van der Waals surface area (Å²) >= 11 is 0. The first-order valence-electron chi connectivity index (χ1n) is 7.06. The Bertz CT molecular complexity index is 376. The maximum absolute atomic E-state index is 3.46. The number of nitrogens with zero attached hydrogens (tertiary/aromatic N) is 1. The zero-order valence-corrected chi connectivity index (χ0v) is 12.2. The minimum Gasteiger partial charge on any atom is -0.313 e. The van der Waals surface area contributed by atoms with Gasteiger partial charge in [-0.2, -0.15) is 0 Å². The van der Waals surface area contributed by atoms with Gasteiger partial charge in [-0.25, -0.2) is 0 Å². The highest BCUT2D eigenvalue weighted by Gasteiger charge is 2.26. The molecule has 1 aromatic carbocycles. The topological polar surface area (TPSA) is 15.3 Å². The lowest BCUT2D eigenvalue weighted by Gasteiger charge is -2.22. The first-order chi connectivity index (χ1) is 8.60. The van der Waals surface area contributed by atoms with Crippen LogP contribution in [0.1, 0.15) is 42.0 Å². The monoisotopic (exact) mass is 246 g/mol. The molecule has 0 amide bonds. The van der Waals surface area contributed by atoms with Crippen molar-refractivity contribution in [1.29, 1.82) is 0 Å². The molecule has 0 aromatic heterocycles. The number of aryl methyl sites for hydroxylation is 2. The van der Waals surface area contributed by atoms with Crippen LogP contribution in [0.25, 0.3) is 0 Å². The van der Waals surface area contributed by atoms with Crippen LogP contribution in [0.2, 0.25) is 0 Å². The van der Waals surface area contributed by atoms with Crippen molar-refractivity contribution in [2.24, 2.45) is 0 Å². The molecule has 1 atom stereocenters. The highest BCUT2D eigenvalue weighted by molar-refractivity contribution is 5.30. The molecular weight excluding hydrogens is 220 g/mol. The predicted molar refractivity (Wildman–Crippen MR) is 78.0 cm³/mol. The van der Waals surface area contributed by atoms with Crippen molar-refractivity contribution in [2.45, 2.75) is 45.2 Å². The van der Waals surface area contributed by atoms with E-state index in [9.17, 15) is 0 Å². The van der Waals surface area contributed by atoms with Gasteiger partial charge in [0.05, 0.1) is 0 Å². The Morgan fingerprint density at radius 1 is 1.22 bits per heavy atom. The second-order valence-electron chi connectivity index (χ2n) is 5.76. The van der Waals surface area contributed by atoms with Crippen LogP contribution >= 0.6 is 0 Å². The van der Waals surface area contributed by atoms with Crippen LogP contribution in [0.4, 0.5) is 0 Å². The van der Waals surface area contributed by atoms with Gasteiger partial charge in [-0.1, -0.05) is 29.3 Å². The molecule has 1 aromatic rings. The number of hydrogen-bond acceptors (Lipinski definition) is 2. The average Bonchev–Trinajstić information content (AvgIpc) is 3.12. The smallest absolute Gasteiger partial charge is 0.0329 e. The number of rotatable bonds is 6. The summed E-state index contributed by atoms with van der Waals surface area (Å²) in [4.78, 5) is 2.51. The summed E-state index contributed by atoms with van der Waals surface area (Å²) in [5.41, 5.74) is 4.15. The molecule has 0 spiro atoms. The Hall–Kier alpha value is -0.860. The van der Waals surface area contributed by atoms with Gasteiger partial charge in [0.2, 0.25) is 0 Å². The normalized spacial score (nSPS) is 17.2. The van der Waals surface area contributed by atoms with E-state index in [1.54, 1.807) is 0 Å². The van der Waals surface area contributed by atoms with Crippen molar-refractivity contribution in [3.8, 4) is 0 Å². The molecule has 2 heteroatoms. The Kier molecular flexibility index (Phi) is 4.41. The number of hydrogen-bond donors (Lipinski definition) is 1. The summed E-state index contributed by atoms with van der Waals surface area (Å²) in [6.07, 6.45) is 3.97. The summed E-state index contributed by atoms with van der Waals surface area (Å²) in [7, 11) is 4.32. The largest absolute Gasteiger partial charge is 0.313 e. The fourth-order valence-electron chi connectivity index (χ4n) is 2.72. The molecular formula is C16H26N2. The average molecular weight is 246 g/mol. The third-order valence-corrected chi connectivity index (χ3v) is 3.94. The molecule has 100 valence electrons. The lowest BCUT2D eigenvalue weighted by atomic mass is 9.99. The Morgan fingerprint density at radius 2 is 1.83 bits per heavy atom. The van der Waals surface area contributed by atoms with Gasteiger partial charge >= 0.3 is 0 Å². The molecule has 1 saturated carbocycles. The third-order valence-electron chi connectivity index (χ3n) is 3.94. The van der Waals surface area contributed by atoms with Crippen molar-refractivity contribution < 1.29 is 0 Å². The second kappa shape index (κ2) is 5.85. The highest BCUT2D eigenvalue weighted by atomic mass is 15.1. The van der Waals surface area contributed by atoms with E-state index >= 15 is 0 Å². The standard InChI is InChI=1S/C16H26N2/c1-12-9-13(2)11-14(10-12)16(17-3)7-8-18(4)15-5-6-15/h9-11,15-17H,5-8H2,1-4H3. The zero-order chi connectivity index (χ0) is 13.1. The predicted octanol–water partition coefficient (Wildman–Crippen LogP) is 3.05. The molecule has 0 radical (unpaired) electrons. The highest BCUT2D eigenvalue weighted by Crippen LogP contribution is 2.27. The van der Waals surface area contributed by atoms with Crippen LogP contribution in [0.15, 0.2) is 18.2 Å². The molecule has 1 fully saturated rings. The van der Waals surface area contributed by atoms with Crippen LogP contribution in [0, 0.1) is 13.8 Å². The van der Waals surface area contributed by atoms with E-state index in [-0.39, 0.29) is 0 Å². The molecule has 1 aliphatic carbocycles. The summed E-state index contributed by atoms with van der Waals surface area (Å²) in [5, 5.41) is 3.46. The van der Waals surface area contributed by atoms with E-state index in [1.807, 2.05) is 0 Å². The molecule has 0 heterocycles. The summed E-state index contributed by atoms with van der Waals surface area (Å²) in [6, 6.07) is 8.20. The van der Waals surface area contributed by atoms with Gasteiger partial charge in [-0.05, 0) is 59.3 Å². The molecule has 0 bridgehead atoms. The van der Waals surface area contributed by atoms with E-state index in [0.717, 1.165) is 6.04 Å². The Morgan fingerprint density at radius 3 is 2.33 bits per heavy atom. The van der Waals surface area contributed by atoms with Crippen molar-refractivity contribution in [1.82, 2.24) is 10.2 Å². The fraction of sp³-hybridized carbons (Fsp3) is 0.625. The first kappa shape index (κ1) is 13.6. The van der Waals surface area contributed by atoms with Gasteiger partial charge in [-0.3, -0.25) is 0 Å². The summed E-state index contributed by atoms with van der Waals surface area (Å²) in [6.45, 7) is 5.54. The third kappa shape index (κ3) is 3.56. The van der Waals surface area contributed by atoms with Crippen LogP contribution in [0.5, 0.6) is 0 Å². The van der Waals surface area contributed by atoms with E-state index in [4.69, 9.17) is 0 Å². The molecule has 1 aliphatic rings. The maximum Gasteiger partial charge on any atom is 0.0329 e. The van der Waals surface area contributed by atoms with Crippen LogP contribution in [-0.2, 0) is 0 Å². The van der Waals surface area contributed by atoms with E-state index in [0.29, 0.717) is 6.04 Å². The number of benzene rings is 1. The van der Waals surface area contributed by atoms with Gasteiger partial charge in [-0.15, -0.1) is 0 Å². The minimum atomic E-state index is 0.477. The molecule has 0 aliphatic heterocycles. The van der Waals surface area contributed by atoms with Crippen molar-refractivity contribution in [3.05, 3.63) is 34.9 Å².